The molecule has 1 atom stereocenters. The van der Waals surface area contributed by atoms with Crippen molar-refractivity contribution in [3.63, 3.8) is 0 Å². The molecule has 0 fully saturated rings. The van der Waals surface area contributed by atoms with E-state index in [1.807, 2.05) is 30.3 Å². The summed E-state index contributed by atoms with van der Waals surface area (Å²) in [6, 6.07) is 8.20. The number of alkyl carbamates (subject to hydrolysis) is 1. The van der Waals surface area contributed by atoms with E-state index in [2.05, 4.69) is 17.5 Å². The van der Waals surface area contributed by atoms with Crippen LogP contribution < -0.4 is 5.32 Å². The minimum Gasteiger partial charge on any atom is -0.487 e. The highest BCUT2D eigenvalue weighted by Gasteiger charge is 2.26. The highest BCUT2D eigenvalue weighted by molar-refractivity contribution is 7.78. The van der Waals surface area contributed by atoms with Crippen LogP contribution in [0.5, 0.6) is 0 Å². The maximum atomic E-state index is 12.1. The van der Waals surface area contributed by atoms with Crippen LogP contribution in [-0.4, -0.2) is 35.9 Å². The number of esters is 1. The van der Waals surface area contributed by atoms with Gasteiger partial charge in [0.15, 0.2) is 6.04 Å². The number of thiocarbonyl (C=S) groups is 1. The van der Waals surface area contributed by atoms with Crippen molar-refractivity contribution in [3.8, 4) is 0 Å². The molecular weight excluding hydrogens is 318 g/mol. The Balaban J connectivity index is 2.59. The third kappa shape index (κ3) is 8.15. The lowest BCUT2D eigenvalue weighted by Crippen LogP contribution is -2.46. The number of benzene rings is 1. The van der Waals surface area contributed by atoms with Gasteiger partial charge in [0.2, 0.25) is 0 Å². The topological polar surface area (TPSA) is 73.9 Å². The Morgan fingerprint density at radius 1 is 1.26 bits per heavy atom. The molecule has 0 aliphatic heterocycles. The molecule has 1 aromatic carbocycles. The first-order chi connectivity index (χ1) is 10.8. The number of amides is 1. The molecule has 1 aromatic rings. The van der Waals surface area contributed by atoms with Gasteiger partial charge in [-0.25, -0.2) is 9.59 Å². The smallest absolute Gasteiger partial charge is 0.408 e. The van der Waals surface area contributed by atoms with Gasteiger partial charge in [0.25, 0.3) is 0 Å². The number of rotatable bonds is 7. The minimum atomic E-state index is -1.01. The van der Waals surface area contributed by atoms with Gasteiger partial charge in [-0.2, -0.15) is 0 Å². The largest absolute Gasteiger partial charge is 0.487 e. The van der Waals surface area contributed by atoms with Crippen molar-refractivity contribution >= 4 is 29.8 Å². The zero-order valence-corrected chi connectivity index (χ0v) is 14.2. The maximum absolute atomic E-state index is 12.1. The van der Waals surface area contributed by atoms with Crippen LogP contribution in [0.4, 0.5) is 4.79 Å². The van der Waals surface area contributed by atoms with Gasteiger partial charge in [-0.15, -0.1) is 0 Å². The van der Waals surface area contributed by atoms with E-state index in [1.165, 1.54) is 0 Å². The molecule has 0 spiro atoms. The second kappa shape index (κ2) is 9.09. The summed E-state index contributed by atoms with van der Waals surface area (Å²) in [6.07, 6.45) is -0.730. The van der Waals surface area contributed by atoms with Gasteiger partial charge < -0.3 is 19.5 Å². The first-order valence-corrected chi connectivity index (χ1v) is 7.54. The standard InChI is InChI=1S/C16H21NO5S/c1-16(2,3)22-15(19)17-13(10-20-11-23)14(18)21-9-12-7-5-4-6-8-12/h4-8,11,13H,9-10H2,1-3H3,(H,17,19). The summed E-state index contributed by atoms with van der Waals surface area (Å²) in [5.41, 5.74) is 1.19. The minimum absolute atomic E-state index is 0.101. The van der Waals surface area contributed by atoms with Gasteiger partial charge in [-0.05, 0) is 38.6 Å². The molecule has 1 rings (SSSR count). The quantitative estimate of drug-likeness (QED) is 0.608. The van der Waals surface area contributed by atoms with Crippen LogP contribution in [0.1, 0.15) is 26.3 Å². The third-order valence-electron chi connectivity index (χ3n) is 2.53. The van der Waals surface area contributed by atoms with E-state index in [0.29, 0.717) is 0 Å². The second-order valence-corrected chi connectivity index (χ2v) is 5.91. The summed E-state index contributed by atoms with van der Waals surface area (Å²) in [5, 5.41) is 2.42. The zero-order valence-electron chi connectivity index (χ0n) is 13.4. The van der Waals surface area contributed by atoms with Crippen LogP contribution in [0.3, 0.4) is 0 Å². The average molecular weight is 339 g/mol. The average Bonchev–Trinajstić information content (AvgIpc) is 2.48. The summed E-state index contributed by atoms with van der Waals surface area (Å²) in [5.74, 6) is -0.628. The Kier molecular flexibility index (Phi) is 7.47. The van der Waals surface area contributed by atoms with Crippen LogP contribution in [0, 0.1) is 0 Å². The molecule has 0 aromatic heterocycles. The number of hydrogen-bond donors (Lipinski definition) is 1. The van der Waals surface area contributed by atoms with Crippen molar-refractivity contribution in [1.82, 2.24) is 5.32 Å². The van der Waals surface area contributed by atoms with Crippen molar-refractivity contribution in [2.24, 2.45) is 0 Å². The number of carbonyl (C=O) groups is 2. The van der Waals surface area contributed by atoms with Crippen molar-refractivity contribution in [1.29, 1.82) is 0 Å². The zero-order chi connectivity index (χ0) is 17.3. The summed E-state index contributed by atoms with van der Waals surface area (Å²) in [4.78, 5) is 23.9. The Labute approximate surface area is 141 Å². The summed E-state index contributed by atoms with van der Waals surface area (Å²) in [7, 11) is 0. The summed E-state index contributed by atoms with van der Waals surface area (Å²) in [6.45, 7) is 5.15. The van der Waals surface area contributed by atoms with Crippen molar-refractivity contribution in [3.05, 3.63) is 35.9 Å². The fourth-order valence-electron chi connectivity index (χ4n) is 1.58. The Morgan fingerprint density at radius 3 is 2.48 bits per heavy atom. The van der Waals surface area contributed by atoms with Crippen LogP contribution >= 0.6 is 12.2 Å². The van der Waals surface area contributed by atoms with E-state index >= 15 is 0 Å². The van der Waals surface area contributed by atoms with E-state index in [-0.39, 0.29) is 13.2 Å². The van der Waals surface area contributed by atoms with Crippen LogP contribution in [0.15, 0.2) is 30.3 Å². The van der Waals surface area contributed by atoms with Gasteiger partial charge in [0, 0.05) is 0 Å². The molecule has 126 valence electrons. The fraction of sp³-hybridized carbons (Fsp3) is 0.438. The number of nitrogens with one attached hydrogen (secondary N) is 1. The van der Waals surface area contributed by atoms with E-state index in [9.17, 15) is 9.59 Å². The van der Waals surface area contributed by atoms with Crippen molar-refractivity contribution in [2.45, 2.75) is 39.0 Å². The molecule has 7 heteroatoms. The Morgan fingerprint density at radius 2 is 1.91 bits per heavy atom. The van der Waals surface area contributed by atoms with Gasteiger partial charge in [-0.3, -0.25) is 0 Å². The second-order valence-electron chi connectivity index (χ2n) is 5.72. The molecule has 0 aliphatic carbocycles. The van der Waals surface area contributed by atoms with Gasteiger partial charge in [0.1, 0.15) is 24.4 Å². The Hall–Kier alpha value is -2.15. The molecule has 0 saturated heterocycles. The molecule has 23 heavy (non-hydrogen) atoms. The van der Waals surface area contributed by atoms with E-state index in [4.69, 9.17) is 14.2 Å². The normalized spacial score (nSPS) is 12.0. The number of ether oxygens (including phenoxy) is 3. The van der Waals surface area contributed by atoms with E-state index in [1.54, 1.807) is 20.8 Å². The molecular formula is C16H21NO5S. The number of hydrogen-bond acceptors (Lipinski definition) is 6. The molecule has 0 aliphatic rings. The predicted molar refractivity (Wildman–Crippen MR) is 89.0 cm³/mol. The van der Waals surface area contributed by atoms with Crippen LogP contribution in [0.25, 0.3) is 0 Å². The van der Waals surface area contributed by atoms with Crippen LogP contribution in [0.2, 0.25) is 0 Å². The third-order valence-corrected chi connectivity index (χ3v) is 2.67. The molecule has 0 saturated carbocycles. The summed E-state index contributed by atoms with van der Waals surface area (Å²) >= 11 is 4.56. The molecule has 0 heterocycles. The highest BCUT2D eigenvalue weighted by Crippen LogP contribution is 2.07. The maximum Gasteiger partial charge on any atom is 0.408 e. The Bertz CT molecular complexity index is 527. The lowest BCUT2D eigenvalue weighted by molar-refractivity contribution is -0.148. The lowest BCUT2D eigenvalue weighted by atomic mass is 10.2. The molecule has 0 bridgehead atoms. The molecule has 1 amide bonds. The SMILES string of the molecule is CC(C)(C)OC(=O)NC(COC=S)C(=O)OCc1ccccc1. The fourth-order valence-corrected chi connectivity index (χ4v) is 1.66. The van der Waals surface area contributed by atoms with Gasteiger partial charge in [-0.1, -0.05) is 30.3 Å². The molecule has 6 nitrogen and oxygen atoms in total. The predicted octanol–water partition coefficient (Wildman–Crippen LogP) is 2.60. The van der Waals surface area contributed by atoms with Gasteiger partial charge >= 0.3 is 12.1 Å². The highest BCUT2D eigenvalue weighted by atomic mass is 32.1. The van der Waals surface area contributed by atoms with Crippen LogP contribution in [-0.2, 0) is 25.6 Å². The van der Waals surface area contributed by atoms with Crippen molar-refractivity contribution in [2.75, 3.05) is 6.61 Å². The van der Waals surface area contributed by atoms with Gasteiger partial charge in [0.05, 0.1) is 0 Å². The monoisotopic (exact) mass is 339 g/mol. The van der Waals surface area contributed by atoms with E-state index < -0.39 is 23.7 Å². The lowest BCUT2D eigenvalue weighted by Gasteiger charge is -2.22. The molecule has 1 unspecified atom stereocenters. The summed E-state index contributed by atoms with van der Waals surface area (Å²) < 4.78 is 15.2. The van der Waals surface area contributed by atoms with E-state index in [0.717, 1.165) is 11.1 Å². The molecule has 0 radical (unpaired) electrons. The van der Waals surface area contributed by atoms with Crippen molar-refractivity contribution < 1.29 is 23.8 Å². The first-order valence-electron chi connectivity index (χ1n) is 7.07. The number of carbonyl (C=O) groups excluding carboxylic acids is 2. The first kappa shape index (κ1) is 18.9. The molecule has 1 N–H and O–H groups in total.